The molecule has 0 unspecified atom stereocenters. The van der Waals surface area contributed by atoms with Crippen molar-refractivity contribution in [2.75, 3.05) is 5.73 Å². The quantitative estimate of drug-likeness (QED) is 0.449. The third-order valence-corrected chi connectivity index (χ3v) is 1.20. The number of nitrogens with one attached hydrogen (secondary N) is 1. The molecule has 0 atom stereocenters. The summed E-state index contributed by atoms with van der Waals surface area (Å²) in [7, 11) is 0. The van der Waals surface area contributed by atoms with Crippen molar-refractivity contribution in [2.24, 2.45) is 0 Å². The summed E-state index contributed by atoms with van der Waals surface area (Å²) in [6.45, 7) is 0. The lowest BCUT2D eigenvalue weighted by Crippen LogP contribution is -1.96. The van der Waals surface area contributed by atoms with Crippen LogP contribution in [0.1, 0.15) is 5.56 Å². The van der Waals surface area contributed by atoms with Gasteiger partial charge in [0.2, 0.25) is 5.97 Å². The Hall–Kier alpha value is -1.38. The van der Waals surface area contributed by atoms with E-state index in [0.717, 1.165) is 0 Å². The molecule has 0 aromatic heterocycles. The summed E-state index contributed by atoms with van der Waals surface area (Å²) in [5, 5.41) is 6.63. The fourth-order valence-electron chi connectivity index (χ4n) is 0.697. The molecule has 0 radical (unpaired) electrons. The summed E-state index contributed by atoms with van der Waals surface area (Å²) in [6.07, 6.45) is 0. The topological polar surface area (TPSA) is 49.9 Å². The van der Waals surface area contributed by atoms with Crippen LogP contribution in [-0.2, 0) is 0 Å². The van der Waals surface area contributed by atoms with E-state index in [1.807, 2.05) is 0 Å². The van der Waals surface area contributed by atoms with Gasteiger partial charge in [0.15, 0.2) is 0 Å². The van der Waals surface area contributed by atoms with E-state index >= 15 is 0 Å². The van der Waals surface area contributed by atoms with Gasteiger partial charge >= 0.3 is 0 Å². The van der Waals surface area contributed by atoms with Gasteiger partial charge in [-0.2, -0.15) is 4.39 Å². The molecule has 10 heavy (non-hydrogen) atoms. The maximum atomic E-state index is 12.2. The number of anilines is 1. The van der Waals surface area contributed by atoms with Crippen LogP contribution in [0.4, 0.5) is 10.1 Å². The van der Waals surface area contributed by atoms with E-state index in [1.54, 1.807) is 18.2 Å². The Kier molecular flexibility index (Phi) is 1.67. The van der Waals surface area contributed by atoms with Crippen molar-refractivity contribution >= 4 is 11.7 Å². The average Bonchev–Trinajstić information content (AvgIpc) is 1.88. The first kappa shape index (κ1) is 6.74. The Balaban J connectivity index is 3.15. The van der Waals surface area contributed by atoms with E-state index in [0.29, 0.717) is 5.69 Å². The Morgan fingerprint density at radius 1 is 1.40 bits per heavy atom. The van der Waals surface area contributed by atoms with Crippen LogP contribution in [0, 0.1) is 5.41 Å². The molecule has 1 aromatic rings. The van der Waals surface area contributed by atoms with E-state index in [-0.39, 0.29) is 5.56 Å². The summed E-state index contributed by atoms with van der Waals surface area (Å²) in [4.78, 5) is 0. The Morgan fingerprint density at radius 3 is 2.40 bits per heavy atom. The van der Waals surface area contributed by atoms with Crippen LogP contribution in [0.3, 0.4) is 0 Å². The third kappa shape index (κ3) is 1.13. The predicted octanol–water partition coefficient (Wildman–Crippen LogP) is 1.56. The Bertz CT molecular complexity index is 258. The van der Waals surface area contributed by atoms with E-state index in [4.69, 9.17) is 11.1 Å². The van der Waals surface area contributed by atoms with Gasteiger partial charge in [-0.25, -0.2) is 0 Å². The number of halogens is 1. The Labute approximate surface area is 58.0 Å². The number of rotatable bonds is 1. The van der Waals surface area contributed by atoms with Crippen LogP contribution >= 0.6 is 0 Å². The molecular weight excluding hydrogens is 131 g/mol. The second kappa shape index (κ2) is 2.47. The number of para-hydroxylation sites is 1. The number of hydrogen-bond donors (Lipinski definition) is 2. The molecule has 0 saturated heterocycles. The molecule has 0 heterocycles. The molecule has 0 bridgehead atoms. The molecule has 3 N–H and O–H groups in total. The molecule has 0 spiro atoms. The van der Waals surface area contributed by atoms with Crippen molar-refractivity contribution in [2.45, 2.75) is 0 Å². The van der Waals surface area contributed by atoms with Gasteiger partial charge in [0, 0.05) is 5.69 Å². The second-order valence-electron chi connectivity index (χ2n) is 1.90. The lowest BCUT2D eigenvalue weighted by molar-refractivity contribution is 0.798. The molecule has 52 valence electrons. The summed E-state index contributed by atoms with van der Waals surface area (Å²) in [5.74, 6) is -0.988. The van der Waals surface area contributed by atoms with Crippen molar-refractivity contribution in [1.29, 1.82) is 5.41 Å². The minimum Gasteiger partial charge on any atom is -0.398 e. The zero-order valence-corrected chi connectivity index (χ0v) is 5.26. The zero-order chi connectivity index (χ0) is 7.56. The van der Waals surface area contributed by atoms with E-state index in [1.165, 1.54) is 6.07 Å². The van der Waals surface area contributed by atoms with Crippen molar-refractivity contribution in [1.82, 2.24) is 0 Å². The number of nitrogens with two attached hydrogens (primary N) is 1. The van der Waals surface area contributed by atoms with Gasteiger partial charge in [-0.05, 0) is 12.1 Å². The Morgan fingerprint density at radius 2 is 2.00 bits per heavy atom. The molecule has 0 amide bonds. The highest BCUT2D eigenvalue weighted by Gasteiger charge is 2.01. The first-order valence-electron chi connectivity index (χ1n) is 2.81. The average molecular weight is 138 g/mol. The molecule has 0 saturated carbocycles. The van der Waals surface area contributed by atoms with Gasteiger partial charge in [0.1, 0.15) is 0 Å². The fraction of sp³-hybridized carbons (Fsp3) is 0. The third-order valence-electron chi connectivity index (χ3n) is 1.20. The van der Waals surface area contributed by atoms with Crippen LogP contribution in [-0.4, -0.2) is 5.97 Å². The van der Waals surface area contributed by atoms with Gasteiger partial charge < -0.3 is 5.73 Å². The number of benzene rings is 1. The highest BCUT2D eigenvalue weighted by Crippen LogP contribution is 2.10. The maximum Gasteiger partial charge on any atom is 0.214 e. The molecule has 0 aliphatic rings. The van der Waals surface area contributed by atoms with Crippen molar-refractivity contribution in [3.05, 3.63) is 29.8 Å². The summed E-state index contributed by atoms with van der Waals surface area (Å²) < 4.78 is 12.2. The largest absolute Gasteiger partial charge is 0.398 e. The fourth-order valence-corrected chi connectivity index (χ4v) is 0.697. The lowest BCUT2D eigenvalue weighted by Gasteiger charge is -1.97. The highest BCUT2D eigenvalue weighted by molar-refractivity contribution is 5.95. The first-order chi connectivity index (χ1) is 4.72. The number of hydrogen-bond acceptors (Lipinski definition) is 2. The summed E-state index contributed by atoms with van der Waals surface area (Å²) in [5.41, 5.74) is 5.80. The monoisotopic (exact) mass is 138 g/mol. The maximum absolute atomic E-state index is 12.2. The van der Waals surface area contributed by atoms with Crippen molar-refractivity contribution < 1.29 is 4.39 Å². The van der Waals surface area contributed by atoms with Crippen molar-refractivity contribution in [3.63, 3.8) is 0 Å². The van der Waals surface area contributed by atoms with Crippen molar-refractivity contribution in [3.8, 4) is 0 Å². The van der Waals surface area contributed by atoms with Crippen LogP contribution in [0.2, 0.25) is 0 Å². The van der Waals surface area contributed by atoms with Gasteiger partial charge in [0.25, 0.3) is 0 Å². The molecule has 0 fully saturated rings. The van der Waals surface area contributed by atoms with E-state index in [2.05, 4.69) is 0 Å². The molecule has 2 nitrogen and oxygen atoms in total. The lowest BCUT2D eigenvalue weighted by atomic mass is 10.2. The summed E-state index contributed by atoms with van der Waals surface area (Å²) >= 11 is 0. The highest BCUT2D eigenvalue weighted by atomic mass is 19.1. The zero-order valence-electron chi connectivity index (χ0n) is 5.26. The van der Waals surface area contributed by atoms with Crippen LogP contribution in [0.25, 0.3) is 0 Å². The van der Waals surface area contributed by atoms with Crippen LogP contribution in [0.15, 0.2) is 24.3 Å². The van der Waals surface area contributed by atoms with Crippen LogP contribution < -0.4 is 5.73 Å². The van der Waals surface area contributed by atoms with E-state index in [9.17, 15) is 4.39 Å². The predicted molar refractivity (Wildman–Crippen MR) is 38.8 cm³/mol. The molecule has 0 aliphatic carbocycles. The first-order valence-corrected chi connectivity index (χ1v) is 2.81. The minimum atomic E-state index is -0.988. The standard InChI is InChI=1S/C7H7FN2/c8-7(10)5-3-1-2-4-6(5)9/h1-4,10H,9H2. The van der Waals surface area contributed by atoms with Gasteiger partial charge in [-0.15, -0.1) is 0 Å². The number of nitrogen functional groups attached to an aromatic ring is 1. The van der Waals surface area contributed by atoms with Gasteiger partial charge in [0.05, 0.1) is 5.56 Å². The SMILES string of the molecule is N=C(F)c1ccccc1N. The smallest absolute Gasteiger partial charge is 0.214 e. The molecule has 1 rings (SSSR count). The normalized spacial score (nSPS) is 9.30. The molecule has 3 heteroatoms. The molecular formula is C7H7FN2. The molecule has 1 aromatic carbocycles. The van der Waals surface area contributed by atoms with E-state index < -0.39 is 5.97 Å². The summed E-state index contributed by atoms with van der Waals surface area (Å²) in [6, 6.07) is 6.36. The van der Waals surface area contributed by atoms with Gasteiger partial charge in [-0.3, -0.25) is 5.41 Å². The molecule has 0 aliphatic heterocycles. The van der Waals surface area contributed by atoms with Gasteiger partial charge in [-0.1, -0.05) is 12.1 Å². The second-order valence-corrected chi connectivity index (χ2v) is 1.90. The van der Waals surface area contributed by atoms with Crippen LogP contribution in [0.5, 0.6) is 0 Å². The minimum absolute atomic E-state index is 0.155.